The molecule has 0 saturated heterocycles. The summed E-state index contributed by atoms with van der Waals surface area (Å²) >= 11 is 0. The van der Waals surface area contributed by atoms with Gasteiger partial charge in [0.15, 0.2) is 0 Å². The summed E-state index contributed by atoms with van der Waals surface area (Å²) in [5.74, 6) is -0.545. The lowest BCUT2D eigenvalue weighted by molar-refractivity contribution is 0.0684. The van der Waals surface area contributed by atoms with Crippen molar-refractivity contribution in [2.24, 2.45) is 0 Å². The molecule has 2 aromatic carbocycles. The summed E-state index contributed by atoms with van der Waals surface area (Å²) in [5.41, 5.74) is 4.45. The lowest BCUT2D eigenvalue weighted by Crippen LogP contribution is -2.25. The number of methoxy groups -OCH3 is 1. The molecule has 0 bridgehead atoms. The van der Waals surface area contributed by atoms with E-state index in [2.05, 4.69) is 5.48 Å². The van der Waals surface area contributed by atoms with E-state index in [4.69, 9.17) is 9.94 Å². The number of carboxylic acids is 1. The van der Waals surface area contributed by atoms with Crippen molar-refractivity contribution in [2.75, 3.05) is 12.6 Å². The molecule has 3 aromatic rings. The smallest absolute Gasteiger partial charge is 0.352 e. The summed E-state index contributed by atoms with van der Waals surface area (Å²) in [4.78, 5) is 23.6. The molecule has 3 rings (SSSR count). The maximum atomic E-state index is 12.1. The van der Waals surface area contributed by atoms with Gasteiger partial charge in [-0.25, -0.2) is 4.79 Å². The van der Waals surface area contributed by atoms with Gasteiger partial charge in [0.25, 0.3) is 5.56 Å². The van der Waals surface area contributed by atoms with Gasteiger partial charge in [0.2, 0.25) is 0 Å². The Bertz CT molecular complexity index is 1040. The van der Waals surface area contributed by atoms with E-state index < -0.39 is 11.5 Å². The van der Waals surface area contributed by atoms with Crippen LogP contribution < -0.4 is 15.8 Å². The first-order valence-electron chi connectivity index (χ1n) is 8.14. The standard InChI is InChI=1S/C20H18N2O5/c1-27-18-9-8-13(10-16(18)14-4-2-5-15(11-14)21-26)12-22-17(20(24)25)6-3-7-19(22)23/h2-11,21,26H,12H2,1H3,(H,24,25). The molecule has 0 fully saturated rings. The van der Waals surface area contributed by atoms with Gasteiger partial charge in [-0.2, -0.15) is 0 Å². The van der Waals surface area contributed by atoms with E-state index >= 15 is 0 Å². The topological polar surface area (TPSA) is 101 Å². The second-order valence-electron chi connectivity index (χ2n) is 5.87. The molecule has 0 saturated carbocycles. The normalized spacial score (nSPS) is 10.4. The van der Waals surface area contributed by atoms with Gasteiger partial charge in [0.1, 0.15) is 11.4 Å². The Hall–Kier alpha value is -3.58. The third kappa shape index (κ3) is 3.83. The van der Waals surface area contributed by atoms with Crippen molar-refractivity contribution in [2.45, 2.75) is 6.54 Å². The van der Waals surface area contributed by atoms with Gasteiger partial charge in [-0.15, -0.1) is 0 Å². The average molecular weight is 366 g/mol. The van der Waals surface area contributed by atoms with Gasteiger partial charge in [-0.3, -0.25) is 20.0 Å². The van der Waals surface area contributed by atoms with Crippen LogP contribution >= 0.6 is 0 Å². The zero-order chi connectivity index (χ0) is 19.4. The molecule has 0 aliphatic carbocycles. The van der Waals surface area contributed by atoms with Crippen molar-refractivity contribution in [1.82, 2.24) is 4.57 Å². The Morgan fingerprint density at radius 3 is 2.59 bits per heavy atom. The Morgan fingerprint density at radius 1 is 1.11 bits per heavy atom. The minimum atomic E-state index is -1.16. The van der Waals surface area contributed by atoms with Crippen LogP contribution in [0.4, 0.5) is 5.69 Å². The second kappa shape index (κ2) is 7.76. The highest BCUT2D eigenvalue weighted by Crippen LogP contribution is 2.32. The Kier molecular flexibility index (Phi) is 5.23. The van der Waals surface area contributed by atoms with E-state index in [9.17, 15) is 14.7 Å². The molecule has 0 aliphatic heterocycles. The molecule has 0 unspecified atom stereocenters. The van der Waals surface area contributed by atoms with Gasteiger partial charge < -0.3 is 9.84 Å². The molecule has 7 nitrogen and oxygen atoms in total. The maximum absolute atomic E-state index is 12.1. The highest BCUT2D eigenvalue weighted by molar-refractivity contribution is 5.85. The zero-order valence-corrected chi connectivity index (χ0v) is 14.5. The van der Waals surface area contributed by atoms with E-state index in [1.54, 1.807) is 37.4 Å². The molecule has 3 N–H and O–H groups in total. The van der Waals surface area contributed by atoms with Crippen molar-refractivity contribution in [1.29, 1.82) is 0 Å². The van der Waals surface area contributed by atoms with E-state index in [1.165, 1.54) is 22.8 Å². The summed E-state index contributed by atoms with van der Waals surface area (Å²) in [6, 6.07) is 16.6. The first-order valence-corrected chi connectivity index (χ1v) is 8.14. The van der Waals surface area contributed by atoms with Crippen LogP contribution in [-0.4, -0.2) is 28.0 Å². The Labute approximate surface area is 155 Å². The number of pyridine rings is 1. The average Bonchev–Trinajstić information content (AvgIpc) is 2.69. The van der Waals surface area contributed by atoms with Crippen LogP contribution in [0.25, 0.3) is 11.1 Å². The summed E-state index contributed by atoms with van der Waals surface area (Å²) in [5, 5.41) is 18.5. The van der Waals surface area contributed by atoms with Crippen LogP contribution in [0.5, 0.6) is 5.75 Å². The Balaban J connectivity index is 2.07. The molecule has 138 valence electrons. The third-order valence-electron chi connectivity index (χ3n) is 4.18. The van der Waals surface area contributed by atoms with Crippen LogP contribution in [0, 0.1) is 0 Å². The van der Waals surface area contributed by atoms with Crippen molar-refractivity contribution in [3.8, 4) is 16.9 Å². The molecule has 0 amide bonds. The van der Waals surface area contributed by atoms with Crippen LogP contribution in [0.15, 0.2) is 65.5 Å². The van der Waals surface area contributed by atoms with Crippen molar-refractivity contribution in [3.05, 3.63) is 82.3 Å². The molecule has 7 heteroatoms. The van der Waals surface area contributed by atoms with E-state index in [1.807, 2.05) is 12.1 Å². The van der Waals surface area contributed by atoms with E-state index in [0.717, 1.165) is 16.7 Å². The highest BCUT2D eigenvalue weighted by Gasteiger charge is 2.13. The molecule has 1 heterocycles. The van der Waals surface area contributed by atoms with Crippen molar-refractivity contribution < 1.29 is 19.8 Å². The fraction of sp³-hybridized carbons (Fsp3) is 0.100. The van der Waals surface area contributed by atoms with Gasteiger partial charge in [-0.1, -0.05) is 24.3 Å². The number of rotatable bonds is 6. The zero-order valence-electron chi connectivity index (χ0n) is 14.5. The number of nitrogens with one attached hydrogen (secondary N) is 1. The SMILES string of the molecule is COc1ccc(Cn2c(C(=O)O)cccc2=O)cc1-c1cccc(NO)c1. The quantitative estimate of drug-likeness (QED) is 0.580. The largest absolute Gasteiger partial charge is 0.496 e. The molecular weight excluding hydrogens is 348 g/mol. The number of carboxylic acid groups (broad SMARTS) is 1. The van der Waals surface area contributed by atoms with Crippen molar-refractivity contribution >= 4 is 11.7 Å². The molecule has 0 atom stereocenters. The van der Waals surface area contributed by atoms with Gasteiger partial charge in [0.05, 0.1) is 19.3 Å². The van der Waals surface area contributed by atoms with E-state index in [0.29, 0.717) is 11.4 Å². The predicted octanol–water partition coefficient (Wildman–Crippen LogP) is 3.07. The lowest BCUT2D eigenvalue weighted by atomic mass is 10.0. The van der Waals surface area contributed by atoms with Gasteiger partial charge >= 0.3 is 5.97 Å². The number of carbonyl (C=O) groups is 1. The fourth-order valence-electron chi connectivity index (χ4n) is 2.89. The van der Waals surface area contributed by atoms with Gasteiger partial charge in [0, 0.05) is 11.6 Å². The minimum Gasteiger partial charge on any atom is -0.496 e. The summed E-state index contributed by atoms with van der Waals surface area (Å²) in [6.45, 7) is 0.107. The molecular formula is C20H18N2O5. The number of aromatic carboxylic acids is 1. The third-order valence-corrected chi connectivity index (χ3v) is 4.18. The van der Waals surface area contributed by atoms with E-state index in [-0.39, 0.29) is 12.2 Å². The monoisotopic (exact) mass is 366 g/mol. The number of benzene rings is 2. The molecule has 0 spiro atoms. The number of nitrogens with zero attached hydrogens (tertiary/aromatic N) is 1. The number of anilines is 1. The lowest BCUT2D eigenvalue weighted by Gasteiger charge is -2.14. The maximum Gasteiger partial charge on any atom is 0.352 e. The summed E-state index contributed by atoms with van der Waals surface area (Å²) in [7, 11) is 1.55. The van der Waals surface area contributed by atoms with Crippen LogP contribution in [0.3, 0.4) is 0 Å². The fourth-order valence-corrected chi connectivity index (χ4v) is 2.89. The van der Waals surface area contributed by atoms with Crippen LogP contribution in [-0.2, 0) is 6.54 Å². The first-order chi connectivity index (χ1) is 13.0. The Morgan fingerprint density at radius 2 is 1.89 bits per heavy atom. The summed E-state index contributed by atoms with van der Waals surface area (Å²) < 4.78 is 6.63. The van der Waals surface area contributed by atoms with Crippen LogP contribution in [0.1, 0.15) is 16.1 Å². The van der Waals surface area contributed by atoms with Crippen molar-refractivity contribution in [3.63, 3.8) is 0 Å². The molecule has 1 aromatic heterocycles. The minimum absolute atomic E-state index is 0.0775. The molecule has 0 aliphatic rings. The molecule has 27 heavy (non-hydrogen) atoms. The number of ether oxygens (including phenoxy) is 1. The number of aromatic nitrogens is 1. The first kappa shape index (κ1) is 18.2. The highest BCUT2D eigenvalue weighted by atomic mass is 16.5. The number of hydrogen-bond acceptors (Lipinski definition) is 5. The van der Waals surface area contributed by atoms with Crippen LogP contribution in [0.2, 0.25) is 0 Å². The second-order valence-corrected chi connectivity index (χ2v) is 5.87. The summed E-state index contributed by atoms with van der Waals surface area (Å²) in [6.07, 6.45) is 0. The number of hydrogen-bond donors (Lipinski definition) is 3. The molecule has 0 radical (unpaired) electrons. The predicted molar refractivity (Wildman–Crippen MR) is 101 cm³/mol. The van der Waals surface area contributed by atoms with Gasteiger partial charge in [-0.05, 0) is 41.5 Å².